The normalized spacial score (nSPS) is 15.0. The number of carbonyl (C=O) groups excluding carboxylic acids is 1. The number of nitrogens with zero attached hydrogens (tertiary/aromatic N) is 3. The number of H-pyrrole nitrogens is 1. The number of hydrogen-bond acceptors (Lipinski definition) is 4. The van der Waals surface area contributed by atoms with E-state index in [4.69, 9.17) is 4.98 Å². The van der Waals surface area contributed by atoms with Gasteiger partial charge in [-0.05, 0) is 60.4 Å². The highest BCUT2D eigenvalue weighted by Gasteiger charge is 2.24. The fraction of sp³-hybridized carbons (Fsp3) is 0.208. The van der Waals surface area contributed by atoms with Crippen molar-refractivity contribution in [3.05, 3.63) is 78.4 Å². The van der Waals surface area contributed by atoms with E-state index in [9.17, 15) is 4.79 Å². The molecule has 0 amide bonds. The van der Waals surface area contributed by atoms with Crippen LogP contribution in [0.3, 0.4) is 0 Å². The van der Waals surface area contributed by atoms with Gasteiger partial charge in [-0.3, -0.25) is 9.78 Å². The van der Waals surface area contributed by atoms with Crippen molar-refractivity contribution in [2.24, 2.45) is 0 Å². The van der Waals surface area contributed by atoms with Gasteiger partial charge in [0.15, 0.2) is 6.29 Å². The lowest BCUT2D eigenvalue weighted by molar-refractivity contribution is 0.112. The van der Waals surface area contributed by atoms with E-state index in [0.717, 1.165) is 71.5 Å². The van der Waals surface area contributed by atoms with E-state index < -0.39 is 0 Å². The minimum absolute atomic E-state index is 0.418. The van der Waals surface area contributed by atoms with Crippen LogP contribution in [-0.2, 0) is 0 Å². The van der Waals surface area contributed by atoms with E-state index in [0.29, 0.717) is 5.92 Å². The minimum Gasteiger partial charge on any atom is -0.371 e. The topological polar surface area (TPSA) is 61.9 Å². The third-order valence-corrected chi connectivity index (χ3v) is 5.80. The first-order valence-electron chi connectivity index (χ1n) is 10.0. The third-order valence-electron chi connectivity index (χ3n) is 5.80. The van der Waals surface area contributed by atoms with Crippen LogP contribution < -0.4 is 4.90 Å². The molecule has 0 atom stereocenters. The average molecular weight is 382 g/mol. The van der Waals surface area contributed by atoms with Crippen LogP contribution in [0.1, 0.15) is 34.9 Å². The summed E-state index contributed by atoms with van der Waals surface area (Å²) >= 11 is 0. The Labute approximate surface area is 169 Å². The molecule has 2 aromatic carbocycles. The largest absolute Gasteiger partial charge is 0.371 e. The Balaban J connectivity index is 1.38. The van der Waals surface area contributed by atoms with Crippen LogP contribution in [0.15, 0.2) is 67.0 Å². The molecule has 0 saturated carbocycles. The molecule has 2 aromatic heterocycles. The molecule has 0 bridgehead atoms. The molecule has 1 fully saturated rings. The second-order valence-electron chi connectivity index (χ2n) is 7.53. The van der Waals surface area contributed by atoms with Gasteiger partial charge in [-0.2, -0.15) is 0 Å². The summed E-state index contributed by atoms with van der Waals surface area (Å²) < 4.78 is 0. The van der Waals surface area contributed by atoms with Crippen LogP contribution in [0, 0.1) is 0 Å². The van der Waals surface area contributed by atoms with E-state index in [1.165, 1.54) is 0 Å². The van der Waals surface area contributed by atoms with Crippen molar-refractivity contribution < 1.29 is 4.79 Å². The maximum Gasteiger partial charge on any atom is 0.152 e. The molecule has 29 heavy (non-hydrogen) atoms. The van der Waals surface area contributed by atoms with E-state index in [2.05, 4.69) is 27.0 Å². The van der Waals surface area contributed by atoms with Gasteiger partial charge in [0.1, 0.15) is 5.82 Å². The van der Waals surface area contributed by atoms with Gasteiger partial charge in [0.05, 0.1) is 11.0 Å². The van der Waals surface area contributed by atoms with Gasteiger partial charge < -0.3 is 9.88 Å². The SMILES string of the molecule is O=Cc1ccc(-c2ccncc2)cc1N1CCC(c2nc3ccccc3[nH]2)CC1. The number of aldehydes is 1. The Bertz CT molecular complexity index is 1110. The standard InChI is InChI=1S/C24H22N4O/c29-16-20-6-5-19(17-7-11-25-12-8-17)15-23(20)28-13-9-18(10-14-28)24-26-21-3-1-2-4-22(21)27-24/h1-8,11-12,15-16,18H,9-10,13-14H2,(H,26,27). The van der Waals surface area contributed by atoms with Gasteiger partial charge in [0, 0.05) is 42.7 Å². The summed E-state index contributed by atoms with van der Waals surface area (Å²) in [5.74, 6) is 1.49. The summed E-state index contributed by atoms with van der Waals surface area (Å²) in [6, 6.07) is 18.2. The summed E-state index contributed by atoms with van der Waals surface area (Å²) in [7, 11) is 0. The number of imidazole rings is 1. The van der Waals surface area contributed by atoms with Gasteiger partial charge in [-0.15, -0.1) is 0 Å². The molecule has 1 aliphatic rings. The molecule has 5 rings (SSSR count). The molecule has 0 spiro atoms. The molecule has 1 N–H and O–H groups in total. The molecule has 3 heterocycles. The number of rotatable bonds is 4. The fourth-order valence-electron chi connectivity index (χ4n) is 4.20. The van der Waals surface area contributed by atoms with Gasteiger partial charge in [0.2, 0.25) is 0 Å². The number of fused-ring (bicyclic) bond motifs is 1. The second-order valence-corrected chi connectivity index (χ2v) is 7.53. The van der Waals surface area contributed by atoms with Crippen molar-refractivity contribution in [2.75, 3.05) is 18.0 Å². The molecule has 144 valence electrons. The lowest BCUT2D eigenvalue weighted by Gasteiger charge is -2.33. The number of anilines is 1. The number of hydrogen-bond donors (Lipinski definition) is 1. The van der Waals surface area contributed by atoms with Crippen molar-refractivity contribution in [1.82, 2.24) is 15.0 Å². The number of pyridine rings is 1. The zero-order chi connectivity index (χ0) is 19.6. The Kier molecular flexibility index (Phi) is 4.56. The molecule has 1 aliphatic heterocycles. The molecular formula is C24H22N4O. The van der Waals surface area contributed by atoms with Crippen LogP contribution in [0.4, 0.5) is 5.69 Å². The van der Waals surface area contributed by atoms with Crippen LogP contribution in [0.5, 0.6) is 0 Å². The number of nitrogens with one attached hydrogen (secondary N) is 1. The molecule has 1 saturated heterocycles. The van der Waals surface area contributed by atoms with Crippen molar-refractivity contribution in [3.8, 4) is 11.1 Å². The van der Waals surface area contributed by atoms with Gasteiger partial charge in [-0.25, -0.2) is 4.98 Å². The Morgan fingerprint density at radius 1 is 0.966 bits per heavy atom. The second kappa shape index (κ2) is 7.51. The zero-order valence-electron chi connectivity index (χ0n) is 16.1. The van der Waals surface area contributed by atoms with E-state index in [1.807, 2.05) is 42.5 Å². The van der Waals surface area contributed by atoms with Crippen molar-refractivity contribution in [2.45, 2.75) is 18.8 Å². The average Bonchev–Trinajstić information content (AvgIpc) is 3.24. The number of aromatic amines is 1. The fourth-order valence-corrected chi connectivity index (χ4v) is 4.20. The van der Waals surface area contributed by atoms with Crippen molar-refractivity contribution >= 4 is 23.0 Å². The molecular weight excluding hydrogens is 360 g/mol. The third kappa shape index (κ3) is 3.40. The van der Waals surface area contributed by atoms with E-state index >= 15 is 0 Å². The van der Waals surface area contributed by atoms with Crippen molar-refractivity contribution in [3.63, 3.8) is 0 Å². The predicted octanol–water partition coefficient (Wildman–Crippen LogP) is 4.82. The van der Waals surface area contributed by atoms with Crippen LogP contribution in [-0.4, -0.2) is 34.3 Å². The minimum atomic E-state index is 0.418. The zero-order valence-corrected chi connectivity index (χ0v) is 16.1. The summed E-state index contributed by atoms with van der Waals surface area (Å²) in [6.45, 7) is 1.81. The first-order valence-corrected chi connectivity index (χ1v) is 10.0. The quantitative estimate of drug-likeness (QED) is 0.514. The van der Waals surface area contributed by atoms with E-state index in [1.54, 1.807) is 12.4 Å². The Morgan fingerprint density at radius 2 is 1.76 bits per heavy atom. The molecule has 0 radical (unpaired) electrons. The first-order chi connectivity index (χ1) is 14.3. The molecule has 5 nitrogen and oxygen atoms in total. The molecule has 4 aromatic rings. The highest BCUT2D eigenvalue weighted by molar-refractivity contribution is 5.87. The smallest absolute Gasteiger partial charge is 0.152 e. The lowest BCUT2D eigenvalue weighted by atomic mass is 9.94. The number of piperidine rings is 1. The monoisotopic (exact) mass is 382 g/mol. The molecule has 5 heteroatoms. The Hall–Kier alpha value is -3.47. The van der Waals surface area contributed by atoms with E-state index in [-0.39, 0.29) is 0 Å². The molecule has 0 unspecified atom stereocenters. The highest BCUT2D eigenvalue weighted by atomic mass is 16.1. The van der Waals surface area contributed by atoms with Gasteiger partial charge in [0.25, 0.3) is 0 Å². The Morgan fingerprint density at radius 3 is 2.52 bits per heavy atom. The number of para-hydroxylation sites is 2. The number of benzene rings is 2. The number of aromatic nitrogens is 3. The first kappa shape index (κ1) is 17.6. The lowest BCUT2D eigenvalue weighted by Crippen LogP contribution is -2.33. The summed E-state index contributed by atoms with van der Waals surface area (Å²) in [4.78, 5) is 26.3. The summed E-state index contributed by atoms with van der Waals surface area (Å²) in [5.41, 5.74) is 6.09. The summed E-state index contributed by atoms with van der Waals surface area (Å²) in [5, 5.41) is 0. The van der Waals surface area contributed by atoms with Crippen LogP contribution in [0.2, 0.25) is 0 Å². The maximum atomic E-state index is 11.7. The predicted molar refractivity (Wildman–Crippen MR) is 115 cm³/mol. The molecule has 0 aliphatic carbocycles. The maximum absolute atomic E-state index is 11.7. The van der Waals surface area contributed by atoms with Gasteiger partial charge >= 0.3 is 0 Å². The van der Waals surface area contributed by atoms with Crippen LogP contribution in [0.25, 0.3) is 22.2 Å². The summed E-state index contributed by atoms with van der Waals surface area (Å²) in [6.07, 6.45) is 6.56. The number of carbonyl (C=O) groups is 1. The van der Waals surface area contributed by atoms with Crippen molar-refractivity contribution in [1.29, 1.82) is 0 Å². The highest BCUT2D eigenvalue weighted by Crippen LogP contribution is 2.33. The van der Waals surface area contributed by atoms with Gasteiger partial charge in [-0.1, -0.05) is 18.2 Å². The van der Waals surface area contributed by atoms with Crippen LogP contribution >= 0.6 is 0 Å².